The molecule has 1 saturated carbocycles. The highest BCUT2D eigenvalue weighted by atomic mass is 19.3. The van der Waals surface area contributed by atoms with E-state index in [0.717, 1.165) is 0 Å². The lowest BCUT2D eigenvalue weighted by atomic mass is 9.87. The maximum atomic E-state index is 14.2. The van der Waals surface area contributed by atoms with Crippen LogP contribution in [0, 0.1) is 11.8 Å². The highest BCUT2D eigenvalue weighted by Gasteiger charge is 2.66. The van der Waals surface area contributed by atoms with Crippen LogP contribution in [0.25, 0.3) is 0 Å². The van der Waals surface area contributed by atoms with Crippen LogP contribution in [0.5, 0.6) is 0 Å². The molecule has 3 atom stereocenters. The van der Waals surface area contributed by atoms with Gasteiger partial charge in [0.15, 0.2) is 6.61 Å². The standard InChI is InChI=1S/C14H20F2N2O5/c1-12(2,3)23-11(21)17-10-18-13(4,14(15,16)6-22-10)8-5-7(8)9(19)20/h7-8H,5-6H2,1-4H3,(H,19,20)(H,17,18,21)/t7-,8-,13+/m0/s1. The number of carbonyl (C=O) groups excluding carboxylic acids is 1. The molecule has 2 rings (SSSR count). The highest BCUT2D eigenvalue weighted by Crippen LogP contribution is 2.55. The lowest BCUT2D eigenvalue weighted by Crippen LogP contribution is -2.56. The van der Waals surface area contributed by atoms with Crippen LogP contribution < -0.4 is 5.32 Å². The van der Waals surface area contributed by atoms with Crippen LogP contribution in [0.2, 0.25) is 0 Å². The van der Waals surface area contributed by atoms with Crippen LogP contribution in [0.15, 0.2) is 4.99 Å². The first-order valence-electron chi connectivity index (χ1n) is 7.19. The van der Waals surface area contributed by atoms with E-state index >= 15 is 0 Å². The molecule has 0 bridgehead atoms. The number of rotatable bonds is 2. The van der Waals surface area contributed by atoms with E-state index < -0.39 is 47.6 Å². The van der Waals surface area contributed by atoms with Gasteiger partial charge in [0.2, 0.25) is 0 Å². The van der Waals surface area contributed by atoms with Crippen molar-refractivity contribution >= 4 is 18.1 Å². The Bertz CT molecular complexity index is 558. The summed E-state index contributed by atoms with van der Waals surface area (Å²) in [5, 5.41) is 11.1. The van der Waals surface area contributed by atoms with Crippen LogP contribution in [-0.2, 0) is 14.3 Å². The molecular weight excluding hydrogens is 314 g/mol. The quantitative estimate of drug-likeness (QED) is 0.805. The van der Waals surface area contributed by atoms with E-state index in [4.69, 9.17) is 14.6 Å². The van der Waals surface area contributed by atoms with Gasteiger partial charge in [0, 0.05) is 5.92 Å². The number of aliphatic carboxylic acids is 1. The molecule has 7 nitrogen and oxygen atoms in total. The third kappa shape index (κ3) is 3.53. The second-order valence-corrected chi connectivity index (χ2v) is 6.97. The number of hydrogen-bond acceptors (Lipinski definition) is 5. The van der Waals surface area contributed by atoms with Crippen LogP contribution in [0.1, 0.15) is 34.1 Å². The van der Waals surface area contributed by atoms with E-state index in [2.05, 4.69) is 10.3 Å². The summed E-state index contributed by atoms with van der Waals surface area (Å²) < 4.78 is 38.2. The fraction of sp³-hybridized carbons (Fsp3) is 0.786. The first kappa shape index (κ1) is 17.4. The molecule has 1 amide bonds. The van der Waals surface area contributed by atoms with Crippen molar-refractivity contribution in [2.24, 2.45) is 16.8 Å². The zero-order valence-corrected chi connectivity index (χ0v) is 13.4. The Morgan fingerprint density at radius 2 is 2.04 bits per heavy atom. The molecule has 1 heterocycles. The number of amidine groups is 1. The van der Waals surface area contributed by atoms with Gasteiger partial charge in [-0.1, -0.05) is 0 Å². The van der Waals surface area contributed by atoms with Crippen LogP contribution in [0.3, 0.4) is 0 Å². The Morgan fingerprint density at radius 1 is 1.43 bits per heavy atom. The molecule has 23 heavy (non-hydrogen) atoms. The SMILES string of the molecule is CC(C)(C)OC(=O)NC1=N[C@](C)([C@H]2C[C@@H]2C(=O)O)C(F)(F)CO1. The van der Waals surface area contributed by atoms with Crippen molar-refractivity contribution in [2.45, 2.75) is 51.2 Å². The Morgan fingerprint density at radius 3 is 2.52 bits per heavy atom. The molecule has 0 radical (unpaired) electrons. The van der Waals surface area contributed by atoms with Crippen molar-refractivity contribution in [1.29, 1.82) is 0 Å². The summed E-state index contributed by atoms with van der Waals surface area (Å²) in [7, 11) is 0. The van der Waals surface area contributed by atoms with Crippen LogP contribution in [-0.4, -0.2) is 46.9 Å². The summed E-state index contributed by atoms with van der Waals surface area (Å²) in [6.07, 6.45) is -0.764. The predicted octanol–water partition coefficient (Wildman–Crippen LogP) is 2.01. The van der Waals surface area contributed by atoms with E-state index in [1.54, 1.807) is 20.8 Å². The lowest BCUT2D eigenvalue weighted by molar-refractivity contribution is -0.142. The second-order valence-electron chi connectivity index (χ2n) is 6.97. The normalized spacial score (nSPS) is 32.3. The summed E-state index contributed by atoms with van der Waals surface area (Å²) in [5.41, 5.74) is -2.71. The van der Waals surface area contributed by atoms with Gasteiger partial charge in [-0.15, -0.1) is 0 Å². The Kier molecular flexibility index (Phi) is 4.02. The molecule has 0 aromatic carbocycles. The van der Waals surface area contributed by atoms with Gasteiger partial charge in [0.1, 0.15) is 11.1 Å². The molecular formula is C14H20F2N2O5. The van der Waals surface area contributed by atoms with E-state index in [1.165, 1.54) is 6.92 Å². The van der Waals surface area contributed by atoms with Gasteiger partial charge >= 0.3 is 18.0 Å². The number of aliphatic imine (C=N–C) groups is 1. The minimum atomic E-state index is -3.33. The molecule has 0 aromatic rings. The Balaban J connectivity index is 2.17. The number of alkyl halides is 2. The molecule has 130 valence electrons. The van der Waals surface area contributed by atoms with Crippen molar-refractivity contribution in [3.63, 3.8) is 0 Å². The molecule has 1 aliphatic carbocycles. The number of hydrogen-bond donors (Lipinski definition) is 2. The topological polar surface area (TPSA) is 97.2 Å². The average molecular weight is 334 g/mol. The van der Waals surface area contributed by atoms with Crippen molar-refractivity contribution in [3.8, 4) is 0 Å². The van der Waals surface area contributed by atoms with Gasteiger partial charge in [0.05, 0.1) is 5.92 Å². The average Bonchev–Trinajstić information content (AvgIpc) is 3.12. The van der Waals surface area contributed by atoms with Gasteiger partial charge in [-0.25, -0.2) is 23.9 Å². The zero-order valence-electron chi connectivity index (χ0n) is 13.4. The number of ether oxygens (including phenoxy) is 2. The number of alkyl carbamates (subject to hydrolysis) is 1. The molecule has 0 aromatic heterocycles. The van der Waals surface area contributed by atoms with Gasteiger partial charge in [-0.2, -0.15) is 0 Å². The lowest BCUT2D eigenvalue weighted by Gasteiger charge is -2.38. The van der Waals surface area contributed by atoms with Crippen molar-refractivity contribution < 1.29 is 33.0 Å². The maximum Gasteiger partial charge on any atom is 0.415 e. The van der Waals surface area contributed by atoms with E-state index in [0.29, 0.717) is 0 Å². The van der Waals surface area contributed by atoms with Gasteiger partial charge in [-0.05, 0) is 34.1 Å². The Labute approximate surface area is 132 Å². The fourth-order valence-electron chi connectivity index (χ4n) is 2.53. The van der Waals surface area contributed by atoms with Crippen LogP contribution in [0.4, 0.5) is 13.6 Å². The predicted molar refractivity (Wildman–Crippen MR) is 75.3 cm³/mol. The molecule has 2 N–H and O–H groups in total. The highest BCUT2D eigenvalue weighted by molar-refractivity contribution is 5.91. The first-order chi connectivity index (χ1) is 10.4. The summed E-state index contributed by atoms with van der Waals surface area (Å²) in [6, 6.07) is -0.385. The minimum absolute atomic E-state index is 0.116. The second kappa shape index (κ2) is 5.31. The first-order valence-corrected chi connectivity index (χ1v) is 7.19. The molecule has 0 spiro atoms. The largest absolute Gasteiger partial charge is 0.481 e. The number of carboxylic acids is 1. The molecule has 1 aliphatic heterocycles. The van der Waals surface area contributed by atoms with Crippen molar-refractivity contribution in [3.05, 3.63) is 0 Å². The summed E-state index contributed by atoms with van der Waals surface area (Å²) in [4.78, 5) is 26.5. The third-order valence-electron chi connectivity index (χ3n) is 3.90. The minimum Gasteiger partial charge on any atom is -0.481 e. The van der Waals surface area contributed by atoms with Crippen LogP contribution >= 0.6 is 0 Å². The van der Waals surface area contributed by atoms with Gasteiger partial charge < -0.3 is 14.6 Å². The summed E-state index contributed by atoms with van der Waals surface area (Å²) in [5.74, 6) is -6.14. The molecule has 1 fully saturated rings. The fourth-order valence-corrected chi connectivity index (χ4v) is 2.53. The molecule has 0 unspecified atom stereocenters. The molecule has 2 aliphatic rings. The van der Waals surface area contributed by atoms with Gasteiger partial charge in [-0.3, -0.25) is 4.79 Å². The smallest absolute Gasteiger partial charge is 0.415 e. The number of carboxylic acid groups (broad SMARTS) is 1. The van der Waals surface area contributed by atoms with E-state index in [1.807, 2.05) is 0 Å². The van der Waals surface area contributed by atoms with E-state index in [9.17, 15) is 18.4 Å². The summed E-state index contributed by atoms with van der Waals surface area (Å²) >= 11 is 0. The number of nitrogens with one attached hydrogen (secondary N) is 1. The molecule has 0 saturated heterocycles. The van der Waals surface area contributed by atoms with E-state index in [-0.39, 0.29) is 12.4 Å². The van der Waals surface area contributed by atoms with Gasteiger partial charge in [0.25, 0.3) is 6.02 Å². The summed E-state index contributed by atoms with van der Waals surface area (Å²) in [6.45, 7) is 5.14. The number of halogens is 2. The van der Waals surface area contributed by atoms with Crippen molar-refractivity contribution in [1.82, 2.24) is 5.32 Å². The molecule has 9 heteroatoms. The number of amides is 1. The Hall–Kier alpha value is -1.93. The third-order valence-corrected chi connectivity index (χ3v) is 3.90. The van der Waals surface area contributed by atoms with Crippen molar-refractivity contribution in [2.75, 3.05) is 6.61 Å². The number of carbonyl (C=O) groups is 2. The monoisotopic (exact) mass is 334 g/mol. The maximum absolute atomic E-state index is 14.2. The zero-order chi connectivity index (χ0) is 17.6. The number of nitrogens with zero attached hydrogens (tertiary/aromatic N) is 1.